The molecule has 0 fully saturated rings. The summed E-state index contributed by atoms with van der Waals surface area (Å²) in [4.78, 5) is 0.813. The average molecular weight is 315 g/mol. The number of nitrogens with zero attached hydrogens (tertiary/aromatic N) is 1. The SMILES string of the molecule is N#CC(=C(Cl)c1ccc(Cl)cc1Cl)c1cccs1. The van der Waals surface area contributed by atoms with Crippen molar-refractivity contribution in [2.24, 2.45) is 0 Å². The lowest BCUT2D eigenvalue weighted by atomic mass is 10.1. The average Bonchev–Trinajstić information content (AvgIpc) is 2.83. The smallest absolute Gasteiger partial charge is 0.102 e. The second-order valence-electron chi connectivity index (χ2n) is 3.40. The van der Waals surface area contributed by atoms with Crippen LogP contribution in [0.4, 0.5) is 0 Å². The molecule has 0 unspecified atom stereocenters. The first kappa shape index (κ1) is 13.5. The van der Waals surface area contributed by atoms with Crippen LogP contribution in [0, 0.1) is 11.3 Å². The number of hydrogen-bond acceptors (Lipinski definition) is 2. The van der Waals surface area contributed by atoms with E-state index in [1.54, 1.807) is 18.2 Å². The molecule has 0 spiro atoms. The summed E-state index contributed by atoms with van der Waals surface area (Å²) >= 11 is 19.6. The number of hydrogen-bond donors (Lipinski definition) is 0. The van der Waals surface area contributed by atoms with Gasteiger partial charge in [0, 0.05) is 15.5 Å². The van der Waals surface area contributed by atoms with Crippen LogP contribution in [0.1, 0.15) is 10.4 Å². The number of halogens is 3. The van der Waals surface area contributed by atoms with Crippen molar-refractivity contribution >= 4 is 56.7 Å². The van der Waals surface area contributed by atoms with Gasteiger partial charge in [0.1, 0.15) is 6.07 Å². The van der Waals surface area contributed by atoms with E-state index in [0.29, 0.717) is 26.2 Å². The predicted molar refractivity (Wildman–Crippen MR) is 79.1 cm³/mol. The van der Waals surface area contributed by atoms with Crippen LogP contribution in [0.2, 0.25) is 10.0 Å². The van der Waals surface area contributed by atoms with Crippen LogP contribution in [-0.2, 0) is 0 Å². The van der Waals surface area contributed by atoms with Crippen LogP contribution in [0.15, 0.2) is 35.7 Å². The van der Waals surface area contributed by atoms with Gasteiger partial charge in [-0.15, -0.1) is 11.3 Å². The Morgan fingerprint density at radius 2 is 2.00 bits per heavy atom. The van der Waals surface area contributed by atoms with Gasteiger partial charge in [-0.2, -0.15) is 5.26 Å². The van der Waals surface area contributed by atoms with E-state index in [1.165, 1.54) is 11.3 Å². The molecule has 1 aromatic carbocycles. The zero-order valence-electron chi connectivity index (χ0n) is 8.95. The molecular formula is C13H6Cl3NS. The van der Waals surface area contributed by atoms with Gasteiger partial charge in [0.05, 0.1) is 15.6 Å². The van der Waals surface area contributed by atoms with Crippen molar-refractivity contribution in [3.8, 4) is 6.07 Å². The van der Waals surface area contributed by atoms with Crippen molar-refractivity contribution in [1.29, 1.82) is 5.26 Å². The third-order valence-electron chi connectivity index (χ3n) is 2.27. The molecule has 0 aliphatic carbocycles. The van der Waals surface area contributed by atoms with Gasteiger partial charge in [0.25, 0.3) is 0 Å². The van der Waals surface area contributed by atoms with E-state index < -0.39 is 0 Å². The second-order valence-corrected chi connectivity index (χ2v) is 5.57. The molecule has 5 heteroatoms. The highest BCUT2D eigenvalue weighted by Crippen LogP contribution is 2.35. The Morgan fingerprint density at radius 3 is 2.56 bits per heavy atom. The van der Waals surface area contributed by atoms with Gasteiger partial charge in [0.15, 0.2) is 0 Å². The van der Waals surface area contributed by atoms with Crippen LogP contribution in [0.3, 0.4) is 0 Å². The molecule has 1 heterocycles. The molecule has 1 aromatic heterocycles. The van der Waals surface area contributed by atoms with Gasteiger partial charge in [0.2, 0.25) is 0 Å². The Hall–Kier alpha value is -0.980. The van der Waals surface area contributed by atoms with E-state index in [1.807, 2.05) is 17.5 Å². The maximum atomic E-state index is 9.22. The molecular weight excluding hydrogens is 309 g/mol. The molecule has 0 N–H and O–H groups in total. The molecule has 0 aliphatic heterocycles. The fourth-order valence-electron chi connectivity index (χ4n) is 1.44. The van der Waals surface area contributed by atoms with Gasteiger partial charge in [-0.25, -0.2) is 0 Å². The van der Waals surface area contributed by atoms with Crippen molar-refractivity contribution in [3.05, 3.63) is 56.2 Å². The maximum absolute atomic E-state index is 9.22. The molecule has 0 atom stereocenters. The van der Waals surface area contributed by atoms with E-state index in [2.05, 4.69) is 6.07 Å². The Bertz CT molecular complexity index is 639. The van der Waals surface area contributed by atoms with Crippen molar-refractivity contribution in [2.45, 2.75) is 0 Å². The fourth-order valence-corrected chi connectivity index (χ4v) is 3.08. The lowest BCUT2D eigenvalue weighted by molar-refractivity contribution is 1.54. The summed E-state index contributed by atoms with van der Waals surface area (Å²) in [6.07, 6.45) is 0. The third-order valence-corrected chi connectivity index (χ3v) is 4.09. The molecule has 0 amide bonds. The van der Waals surface area contributed by atoms with E-state index >= 15 is 0 Å². The monoisotopic (exact) mass is 313 g/mol. The topological polar surface area (TPSA) is 23.8 Å². The van der Waals surface area contributed by atoms with Crippen LogP contribution in [0.25, 0.3) is 10.6 Å². The fraction of sp³-hybridized carbons (Fsp3) is 0. The molecule has 0 saturated carbocycles. The van der Waals surface area contributed by atoms with Crippen LogP contribution in [-0.4, -0.2) is 0 Å². The van der Waals surface area contributed by atoms with Crippen molar-refractivity contribution in [3.63, 3.8) is 0 Å². The highest BCUT2D eigenvalue weighted by Gasteiger charge is 2.13. The van der Waals surface area contributed by atoms with Crippen molar-refractivity contribution in [1.82, 2.24) is 0 Å². The molecule has 2 rings (SSSR count). The number of nitriles is 1. The Labute approximate surface area is 124 Å². The summed E-state index contributed by atoms with van der Waals surface area (Å²) in [7, 11) is 0. The van der Waals surface area contributed by atoms with Gasteiger partial charge in [-0.3, -0.25) is 0 Å². The van der Waals surface area contributed by atoms with Crippen LogP contribution in [0.5, 0.6) is 0 Å². The highest BCUT2D eigenvalue weighted by atomic mass is 35.5. The first-order chi connectivity index (χ1) is 8.63. The van der Waals surface area contributed by atoms with E-state index in [-0.39, 0.29) is 0 Å². The van der Waals surface area contributed by atoms with E-state index in [4.69, 9.17) is 34.8 Å². The van der Waals surface area contributed by atoms with Gasteiger partial charge >= 0.3 is 0 Å². The minimum absolute atomic E-state index is 0.335. The molecule has 18 heavy (non-hydrogen) atoms. The van der Waals surface area contributed by atoms with E-state index in [0.717, 1.165) is 4.88 Å². The quantitative estimate of drug-likeness (QED) is 0.654. The first-order valence-electron chi connectivity index (χ1n) is 4.92. The Kier molecular flexibility index (Phi) is 4.31. The number of benzene rings is 1. The summed E-state index contributed by atoms with van der Waals surface area (Å²) in [6.45, 7) is 0. The lowest BCUT2D eigenvalue weighted by Gasteiger charge is -2.05. The Morgan fingerprint density at radius 1 is 1.22 bits per heavy atom. The summed E-state index contributed by atoms with van der Waals surface area (Å²) < 4.78 is 0. The molecule has 2 aromatic rings. The van der Waals surface area contributed by atoms with Gasteiger partial charge in [-0.05, 0) is 23.6 Å². The zero-order chi connectivity index (χ0) is 13.1. The zero-order valence-corrected chi connectivity index (χ0v) is 12.0. The van der Waals surface area contributed by atoms with Gasteiger partial charge in [-0.1, -0.05) is 46.9 Å². The minimum Gasteiger partial charge on any atom is -0.192 e. The summed E-state index contributed by atoms with van der Waals surface area (Å²) in [6, 6.07) is 10.8. The lowest BCUT2D eigenvalue weighted by Crippen LogP contribution is -1.85. The highest BCUT2D eigenvalue weighted by molar-refractivity contribution is 7.11. The van der Waals surface area contributed by atoms with Gasteiger partial charge < -0.3 is 0 Å². The normalized spacial score (nSPS) is 11.9. The van der Waals surface area contributed by atoms with E-state index in [9.17, 15) is 5.26 Å². The number of allylic oxidation sites excluding steroid dienone is 1. The Balaban J connectivity index is 2.58. The third kappa shape index (κ3) is 2.71. The van der Waals surface area contributed by atoms with Crippen molar-refractivity contribution < 1.29 is 0 Å². The largest absolute Gasteiger partial charge is 0.192 e. The van der Waals surface area contributed by atoms with Crippen molar-refractivity contribution in [2.75, 3.05) is 0 Å². The molecule has 0 aliphatic rings. The van der Waals surface area contributed by atoms with Crippen LogP contribution >= 0.6 is 46.1 Å². The molecule has 0 saturated heterocycles. The minimum atomic E-state index is 0.335. The molecule has 0 bridgehead atoms. The van der Waals surface area contributed by atoms with Crippen LogP contribution < -0.4 is 0 Å². The standard InChI is InChI=1S/C13H6Cl3NS/c14-8-3-4-9(11(15)6-8)13(16)10(7-17)12-2-1-5-18-12/h1-6H. The molecule has 0 radical (unpaired) electrons. The maximum Gasteiger partial charge on any atom is 0.102 e. The number of thiophene rings is 1. The second kappa shape index (κ2) is 5.77. The molecule has 1 nitrogen and oxygen atoms in total. The summed E-state index contributed by atoms with van der Waals surface area (Å²) in [5, 5.41) is 12.4. The predicted octanol–water partition coefficient (Wildman–Crippen LogP) is 5.69. The summed E-state index contributed by atoms with van der Waals surface area (Å²) in [5.74, 6) is 0. The first-order valence-corrected chi connectivity index (χ1v) is 6.94. The molecule has 90 valence electrons. The number of rotatable bonds is 2. The summed E-state index contributed by atoms with van der Waals surface area (Å²) in [5.41, 5.74) is 1.02.